The SMILES string of the molecule is CCNc1cc(NC2CC2)nc(COC)n1. The maximum Gasteiger partial charge on any atom is 0.158 e. The number of anilines is 2. The van der Waals surface area contributed by atoms with Crippen LogP contribution in [-0.4, -0.2) is 29.7 Å². The molecule has 0 spiro atoms. The predicted molar refractivity (Wildman–Crippen MR) is 63.6 cm³/mol. The van der Waals surface area contributed by atoms with Gasteiger partial charge in [0.15, 0.2) is 5.82 Å². The van der Waals surface area contributed by atoms with Gasteiger partial charge in [0.25, 0.3) is 0 Å². The fourth-order valence-electron chi connectivity index (χ4n) is 1.47. The van der Waals surface area contributed by atoms with Gasteiger partial charge in [-0.2, -0.15) is 0 Å². The van der Waals surface area contributed by atoms with E-state index < -0.39 is 0 Å². The van der Waals surface area contributed by atoms with Crippen molar-refractivity contribution in [2.24, 2.45) is 0 Å². The first-order valence-corrected chi connectivity index (χ1v) is 5.69. The maximum absolute atomic E-state index is 5.06. The minimum atomic E-state index is 0.443. The second-order valence-corrected chi connectivity index (χ2v) is 3.94. The van der Waals surface area contributed by atoms with Crippen LogP contribution >= 0.6 is 0 Å². The van der Waals surface area contributed by atoms with Crippen molar-refractivity contribution in [1.82, 2.24) is 9.97 Å². The van der Waals surface area contributed by atoms with Crippen LogP contribution < -0.4 is 10.6 Å². The Morgan fingerprint density at radius 2 is 2.12 bits per heavy atom. The summed E-state index contributed by atoms with van der Waals surface area (Å²) in [4.78, 5) is 8.75. The fourth-order valence-corrected chi connectivity index (χ4v) is 1.47. The number of ether oxygens (including phenoxy) is 1. The minimum Gasteiger partial charge on any atom is -0.377 e. The van der Waals surface area contributed by atoms with E-state index in [2.05, 4.69) is 20.6 Å². The summed E-state index contributed by atoms with van der Waals surface area (Å²) in [5.41, 5.74) is 0. The van der Waals surface area contributed by atoms with Crippen LogP contribution in [0.25, 0.3) is 0 Å². The van der Waals surface area contributed by atoms with E-state index in [-0.39, 0.29) is 0 Å². The summed E-state index contributed by atoms with van der Waals surface area (Å²) in [7, 11) is 1.65. The molecule has 0 saturated heterocycles. The third-order valence-electron chi connectivity index (χ3n) is 2.33. The van der Waals surface area contributed by atoms with Crippen LogP contribution in [0, 0.1) is 0 Å². The molecular weight excluding hydrogens is 204 g/mol. The number of methoxy groups -OCH3 is 1. The highest BCUT2D eigenvalue weighted by Crippen LogP contribution is 2.24. The number of nitrogens with one attached hydrogen (secondary N) is 2. The molecular formula is C11H18N4O. The van der Waals surface area contributed by atoms with E-state index in [9.17, 15) is 0 Å². The Kier molecular flexibility index (Phi) is 3.56. The average molecular weight is 222 g/mol. The van der Waals surface area contributed by atoms with E-state index in [1.54, 1.807) is 7.11 Å². The number of aromatic nitrogens is 2. The quantitative estimate of drug-likeness (QED) is 0.766. The van der Waals surface area contributed by atoms with Crippen molar-refractivity contribution in [2.45, 2.75) is 32.4 Å². The molecule has 0 unspecified atom stereocenters. The van der Waals surface area contributed by atoms with E-state index in [1.807, 2.05) is 13.0 Å². The van der Waals surface area contributed by atoms with Crippen LogP contribution in [0.2, 0.25) is 0 Å². The molecule has 0 aliphatic heterocycles. The molecule has 0 atom stereocenters. The zero-order valence-electron chi connectivity index (χ0n) is 9.79. The second kappa shape index (κ2) is 5.12. The highest BCUT2D eigenvalue weighted by molar-refractivity contribution is 5.48. The average Bonchev–Trinajstić information content (AvgIpc) is 3.02. The molecule has 0 bridgehead atoms. The van der Waals surface area contributed by atoms with Crippen molar-refractivity contribution in [2.75, 3.05) is 24.3 Å². The normalized spacial score (nSPS) is 14.9. The minimum absolute atomic E-state index is 0.443. The van der Waals surface area contributed by atoms with Crippen molar-refractivity contribution in [3.8, 4) is 0 Å². The van der Waals surface area contributed by atoms with Crippen molar-refractivity contribution < 1.29 is 4.74 Å². The Labute approximate surface area is 95.6 Å². The Morgan fingerprint density at radius 1 is 1.38 bits per heavy atom. The van der Waals surface area contributed by atoms with Crippen LogP contribution in [0.15, 0.2) is 6.07 Å². The summed E-state index contributed by atoms with van der Waals surface area (Å²) in [5, 5.41) is 6.56. The number of rotatable bonds is 6. The number of nitrogens with zero attached hydrogens (tertiary/aromatic N) is 2. The van der Waals surface area contributed by atoms with Crippen molar-refractivity contribution >= 4 is 11.6 Å². The van der Waals surface area contributed by atoms with Crippen LogP contribution in [-0.2, 0) is 11.3 Å². The van der Waals surface area contributed by atoms with E-state index in [4.69, 9.17) is 4.74 Å². The number of hydrogen-bond acceptors (Lipinski definition) is 5. The van der Waals surface area contributed by atoms with Gasteiger partial charge in [0.2, 0.25) is 0 Å². The smallest absolute Gasteiger partial charge is 0.158 e. The van der Waals surface area contributed by atoms with Crippen molar-refractivity contribution in [3.63, 3.8) is 0 Å². The Bertz CT molecular complexity index is 328. The Balaban J connectivity index is 2.13. The van der Waals surface area contributed by atoms with Gasteiger partial charge in [0.05, 0.1) is 0 Å². The summed E-state index contributed by atoms with van der Waals surface area (Å²) in [6.07, 6.45) is 2.47. The van der Waals surface area contributed by atoms with E-state index in [1.165, 1.54) is 12.8 Å². The molecule has 2 rings (SSSR count). The van der Waals surface area contributed by atoms with E-state index in [0.29, 0.717) is 18.5 Å². The van der Waals surface area contributed by atoms with Crippen molar-refractivity contribution in [3.05, 3.63) is 11.9 Å². The molecule has 1 saturated carbocycles. The molecule has 1 aromatic heterocycles. The van der Waals surface area contributed by atoms with Gasteiger partial charge in [-0.3, -0.25) is 0 Å². The summed E-state index contributed by atoms with van der Waals surface area (Å²) in [6.45, 7) is 3.34. The van der Waals surface area contributed by atoms with Gasteiger partial charge in [-0.05, 0) is 19.8 Å². The fraction of sp³-hybridized carbons (Fsp3) is 0.636. The lowest BCUT2D eigenvalue weighted by molar-refractivity contribution is 0.178. The highest BCUT2D eigenvalue weighted by atomic mass is 16.5. The van der Waals surface area contributed by atoms with Crippen molar-refractivity contribution in [1.29, 1.82) is 0 Å². The Hall–Kier alpha value is -1.36. The van der Waals surface area contributed by atoms with Crippen LogP contribution in [0.4, 0.5) is 11.6 Å². The molecule has 5 heteroatoms. The predicted octanol–water partition coefficient (Wildman–Crippen LogP) is 1.63. The van der Waals surface area contributed by atoms with Crippen LogP contribution in [0.1, 0.15) is 25.6 Å². The molecule has 16 heavy (non-hydrogen) atoms. The summed E-state index contributed by atoms with van der Waals surface area (Å²) >= 11 is 0. The standard InChI is InChI=1S/C11H18N4O/c1-3-12-9-6-10(13-8-4-5-8)15-11(14-9)7-16-2/h6,8H,3-5,7H2,1-2H3,(H2,12,13,14,15). The van der Waals surface area contributed by atoms with Crippen LogP contribution in [0.3, 0.4) is 0 Å². The lowest BCUT2D eigenvalue weighted by atomic mass is 10.4. The van der Waals surface area contributed by atoms with Gasteiger partial charge >= 0.3 is 0 Å². The molecule has 1 aliphatic rings. The third-order valence-corrected chi connectivity index (χ3v) is 2.33. The summed E-state index contributed by atoms with van der Waals surface area (Å²) < 4.78 is 5.06. The molecule has 2 N–H and O–H groups in total. The van der Waals surface area contributed by atoms with Gasteiger partial charge in [0.1, 0.15) is 18.2 Å². The van der Waals surface area contributed by atoms with Gasteiger partial charge in [-0.1, -0.05) is 0 Å². The molecule has 1 fully saturated rings. The molecule has 88 valence electrons. The topological polar surface area (TPSA) is 59.1 Å². The highest BCUT2D eigenvalue weighted by Gasteiger charge is 2.21. The van der Waals surface area contributed by atoms with Gasteiger partial charge in [-0.15, -0.1) is 0 Å². The van der Waals surface area contributed by atoms with Gasteiger partial charge < -0.3 is 15.4 Å². The first-order chi connectivity index (χ1) is 7.81. The number of hydrogen-bond donors (Lipinski definition) is 2. The van der Waals surface area contributed by atoms with Crippen LogP contribution in [0.5, 0.6) is 0 Å². The molecule has 0 amide bonds. The Morgan fingerprint density at radius 3 is 2.75 bits per heavy atom. The largest absolute Gasteiger partial charge is 0.377 e. The summed E-state index contributed by atoms with van der Waals surface area (Å²) in [5.74, 6) is 2.46. The molecule has 0 radical (unpaired) electrons. The van der Waals surface area contributed by atoms with E-state index in [0.717, 1.165) is 18.2 Å². The molecule has 0 aromatic carbocycles. The summed E-state index contributed by atoms with van der Waals surface area (Å²) in [6, 6.07) is 2.54. The first-order valence-electron chi connectivity index (χ1n) is 5.69. The van der Waals surface area contributed by atoms with Gasteiger partial charge in [-0.25, -0.2) is 9.97 Å². The maximum atomic E-state index is 5.06. The molecule has 1 aliphatic carbocycles. The molecule has 1 heterocycles. The first kappa shape index (κ1) is 11.1. The molecule has 1 aromatic rings. The lowest BCUT2D eigenvalue weighted by Crippen LogP contribution is -2.09. The zero-order valence-corrected chi connectivity index (χ0v) is 9.79. The van der Waals surface area contributed by atoms with E-state index >= 15 is 0 Å². The molecule has 5 nitrogen and oxygen atoms in total. The third kappa shape index (κ3) is 3.06. The second-order valence-electron chi connectivity index (χ2n) is 3.94. The monoisotopic (exact) mass is 222 g/mol. The lowest BCUT2D eigenvalue weighted by Gasteiger charge is -2.09. The zero-order chi connectivity index (χ0) is 11.4. The van der Waals surface area contributed by atoms with Gasteiger partial charge in [0, 0.05) is 25.8 Å².